The molecule has 0 atom stereocenters. The third-order valence-electron chi connectivity index (χ3n) is 4.79. The molecule has 3 aromatic rings. The van der Waals surface area contributed by atoms with Gasteiger partial charge in [0.25, 0.3) is 5.56 Å². The maximum atomic E-state index is 13.1. The van der Waals surface area contributed by atoms with Crippen molar-refractivity contribution in [2.75, 3.05) is 4.90 Å². The number of anilines is 1. The summed E-state index contributed by atoms with van der Waals surface area (Å²) in [5.74, 6) is 0. The number of benzene rings is 1. The van der Waals surface area contributed by atoms with Crippen LogP contribution in [-0.2, 0) is 14.1 Å². The van der Waals surface area contributed by atoms with Gasteiger partial charge < -0.3 is 9.47 Å². The number of allylic oxidation sites excluding steroid dienone is 1. The van der Waals surface area contributed by atoms with Crippen molar-refractivity contribution < 1.29 is 4.57 Å². The summed E-state index contributed by atoms with van der Waals surface area (Å²) in [6.45, 7) is 4.16. The molecule has 0 unspecified atom stereocenters. The first-order valence-corrected chi connectivity index (χ1v) is 10.7. The third kappa shape index (κ3) is 3.34. The minimum Gasteiger partial charge on any atom is -0.307 e. The molecule has 0 saturated heterocycles. The highest BCUT2D eigenvalue weighted by molar-refractivity contribution is 8.11. The van der Waals surface area contributed by atoms with Crippen LogP contribution >= 0.6 is 23.1 Å². The number of thiazole rings is 1. The van der Waals surface area contributed by atoms with E-state index in [2.05, 4.69) is 54.5 Å². The lowest BCUT2D eigenvalue weighted by Gasteiger charge is -2.21. The van der Waals surface area contributed by atoms with Gasteiger partial charge in [0.1, 0.15) is 21.3 Å². The van der Waals surface area contributed by atoms with Crippen LogP contribution in [0.5, 0.6) is 0 Å². The maximum Gasteiger partial charge on any atom is 0.271 e. The van der Waals surface area contributed by atoms with Crippen LogP contribution in [0.3, 0.4) is 0 Å². The van der Waals surface area contributed by atoms with Crippen LogP contribution < -0.4 is 24.2 Å². The fraction of sp³-hybridized carbons (Fsp3) is 0.182. The smallest absolute Gasteiger partial charge is 0.271 e. The summed E-state index contributed by atoms with van der Waals surface area (Å²) in [7, 11) is 3.85. The molecule has 0 fully saturated rings. The van der Waals surface area contributed by atoms with Crippen LogP contribution in [-0.4, -0.2) is 4.57 Å². The van der Waals surface area contributed by atoms with E-state index in [1.807, 2.05) is 43.1 Å². The van der Waals surface area contributed by atoms with Crippen LogP contribution in [0.25, 0.3) is 11.1 Å². The normalized spacial score (nSPS) is 16.6. The second-order valence-electron chi connectivity index (χ2n) is 6.87. The predicted molar refractivity (Wildman–Crippen MR) is 118 cm³/mol. The summed E-state index contributed by atoms with van der Waals surface area (Å²) in [6, 6.07) is 14.5. The van der Waals surface area contributed by atoms with Gasteiger partial charge in [-0.1, -0.05) is 29.5 Å². The minimum atomic E-state index is 0.0394. The minimum absolute atomic E-state index is 0.0394. The summed E-state index contributed by atoms with van der Waals surface area (Å²) >= 11 is 3.15. The quantitative estimate of drug-likeness (QED) is 0.611. The molecular weight excluding hydrogens is 386 g/mol. The van der Waals surface area contributed by atoms with E-state index in [4.69, 9.17) is 0 Å². The van der Waals surface area contributed by atoms with E-state index >= 15 is 0 Å². The first-order chi connectivity index (χ1) is 13.5. The zero-order valence-electron chi connectivity index (χ0n) is 16.3. The van der Waals surface area contributed by atoms with Gasteiger partial charge in [-0.3, -0.25) is 4.79 Å². The first-order valence-electron chi connectivity index (χ1n) is 9.02. The molecule has 0 spiro atoms. The number of hydrogen-bond acceptors (Lipinski definition) is 4. The average molecular weight is 409 g/mol. The third-order valence-corrected chi connectivity index (χ3v) is 7.16. The first kappa shape index (κ1) is 18.8. The SMILES string of the molecule is CC1=CS/C(=c2/s/c(=C\c3cccc[n+]3C)n(C)c2=O)N1c1ccc(C)cc1. The molecule has 6 heteroatoms. The Balaban J connectivity index is 1.91. The summed E-state index contributed by atoms with van der Waals surface area (Å²) in [5.41, 5.74) is 4.52. The Morgan fingerprint density at radius 2 is 1.82 bits per heavy atom. The number of aryl methyl sites for hydroxylation is 2. The predicted octanol–water partition coefficient (Wildman–Crippen LogP) is 2.59. The highest BCUT2D eigenvalue weighted by atomic mass is 32.2. The number of pyridine rings is 1. The second-order valence-corrected chi connectivity index (χ2v) is 8.76. The average Bonchev–Trinajstić information content (AvgIpc) is 3.19. The molecule has 0 N–H and O–H groups in total. The van der Waals surface area contributed by atoms with Crippen molar-refractivity contribution in [2.45, 2.75) is 13.8 Å². The van der Waals surface area contributed by atoms with Crippen LogP contribution in [0.2, 0.25) is 0 Å². The Bertz CT molecular complexity index is 1250. The molecule has 28 heavy (non-hydrogen) atoms. The van der Waals surface area contributed by atoms with Crippen molar-refractivity contribution in [3.8, 4) is 0 Å². The molecule has 0 bridgehead atoms. The molecular formula is C22H22N3OS2+. The van der Waals surface area contributed by atoms with Crippen molar-refractivity contribution in [3.63, 3.8) is 0 Å². The van der Waals surface area contributed by atoms with Gasteiger partial charge in [0.2, 0.25) is 5.69 Å². The van der Waals surface area contributed by atoms with Gasteiger partial charge in [0.15, 0.2) is 6.20 Å². The van der Waals surface area contributed by atoms with Crippen LogP contribution in [0, 0.1) is 6.92 Å². The molecule has 1 aliphatic rings. The molecule has 0 saturated carbocycles. The number of hydrogen-bond donors (Lipinski definition) is 0. The number of thioether (sulfide) groups is 1. The van der Waals surface area contributed by atoms with Gasteiger partial charge in [-0.25, -0.2) is 4.57 Å². The molecule has 0 radical (unpaired) electrons. The fourth-order valence-electron chi connectivity index (χ4n) is 3.12. The standard InChI is InChI=1S/C22H22N3OS2/c1-15-8-10-17(11-9-15)25-16(2)14-27-22(25)20-21(26)24(4)19(28-20)13-18-7-5-6-12-23(18)3/h5-14H,1-4H3/q+1/b22-20+. The van der Waals surface area contributed by atoms with E-state index in [9.17, 15) is 4.79 Å². The van der Waals surface area contributed by atoms with Crippen molar-refractivity contribution in [1.82, 2.24) is 4.57 Å². The Kier molecular flexibility index (Phi) is 5.00. The van der Waals surface area contributed by atoms with E-state index in [1.165, 1.54) is 16.9 Å². The van der Waals surface area contributed by atoms with Crippen LogP contribution in [0.1, 0.15) is 18.2 Å². The Morgan fingerprint density at radius 1 is 1.07 bits per heavy atom. The van der Waals surface area contributed by atoms with Crippen molar-refractivity contribution >= 4 is 39.9 Å². The van der Waals surface area contributed by atoms with Crippen molar-refractivity contribution in [3.05, 3.63) is 90.6 Å². The second kappa shape index (κ2) is 7.45. The fourth-order valence-corrected chi connectivity index (χ4v) is 5.34. The van der Waals surface area contributed by atoms with E-state index in [-0.39, 0.29) is 5.56 Å². The van der Waals surface area contributed by atoms with Gasteiger partial charge in [-0.15, -0.1) is 11.3 Å². The van der Waals surface area contributed by atoms with Gasteiger partial charge in [-0.2, -0.15) is 0 Å². The largest absolute Gasteiger partial charge is 0.307 e. The molecule has 0 amide bonds. The molecule has 3 heterocycles. The Hall–Kier alpha value is -2.57. The Morgan fingerprint density at radius 3 is 2.54 bits per heavy atom. The highest BCUT2D eigenvalue weighted by Gasteiger charge is 2.23. The molecule has 4 nitrogen and oxygen atoms in total. The summed E-state index contributed by atoms with van der Waals surface area (Å²) in [4.78, 5) is 15.2. The van der Waals surface area contributed by atoms with Gasteiger partial charge >= 0.3 is 0 Å². The van der Waals surface area contributed by atoms with Crippen LogP contribution in [0.15, 0.2) is 64.6 Å². The Labute approximate surface area is 172 Å². The molecule has 4 rings (SSSR count). The van der Waals surface area contributed by atoms with E-state index in [0.29, 0.717) is 0 Å². The molecule has 1 aromatic carbocycles. The number of nitrogens with zero attached hydrogens (tertiary/aromatic N) is 3. The van der Waals surface area contributed by atoms with E-state index in [0.717, 1.165) is 31.3 Å². The lowest BCUT2D eigenvalue weighted by molar-refractivity contribution is -0.673. The van der Waals surface area contributed by atoms with Crippen molar-refractivity contribution in [2.24, 2.45) is 14.1 Å². The topological polar surface area (TPSA) is 29.1 Å². The summed E-state index contributed by atoms with van der Waals surface area (Å²) in [5, 5.41) is 3.08. The summed E-state index contributed by atoms with van der Waals surface area (Å²) < 4.78 is 5.49. The van der Waals surface area contributed by atoms with Gasteiger partial charge in [0.05, 0.1) is 0 Å². The molecule has 142 valence electrons. The van der Waals surface area contributed by atoms with Gasteiger partial charge in [-0.05, 0) is 37.5 Å². The summed E-state index contributed by atoms with van der Waals surface area (Å²) in [6.07, 6.45) is 4.07. The lowest BCUT2D eigenvalue weighted by atomic mass is 10.2. The lowest BCUT2D eigenvalue weighted by Crippen LogP contribution is -2.34. The number of rotatable bonds is 2. The molecule has 0 aliphatic carbocycles. The molecule has 1 aliphatic heterocycles. The van der Waals surface area contributed by atoms with E-state index in [1.54, 1.807) is 16.3 Å². The van der Waals surface area contributed by atoms with E-state index < -0.39 is 0 Å². The zero-order chi connectivity index (χ0) is 19.8. The zero-order valence-corrected chi connectivity index (χ0v) is 18.0. The van der Waals surface area contributed by atoms with Gasteiger partial charge in [0, 0.05) is 36.6 Å². The highest BCUT2D eigenvalue weighted by Crippen LogP contribution is 2.38. The van der Waals surface area contributed by atoms with Crippen molar-refractivity contribution in [1.29, 1.82) is 0 Å². The molecule has 2 aromatic heterocycles. The number of aromatic nitrogens is 2. The van der Waals surface area contributed by atoms with Crippen LogP contribution in [0.4, 0.5) is 5.69 Å². The monoisotopic (exact) mass is 408 g/mol. The maximum absolute atomic E-state index is 13.1.